The molecule has 7 nitrogen and oxygen atoms in total. The first-order valence-electron chi connectivity index (χ1n) is 6.20. The lowest BCUT2D eigenvalue weighted by atomic mass is 10.3. The van der Waals surface area contributed by atoms with Gasteiger partial charge in [0.2, 0.25) is 11.8 Å². The average Bonchev–Trinajstić information content (AvgIpc) is 2.43. The van der Waals surface area contributed by atoms with Crippen molar-refractivity contribution < 1.29 is 14.6 Å². The number of pyridine rings is 2. The summed E-state index contributed by atoms with van der Waals surface area (Å²) in [5, 5.41) is 11.9. The van der Waals surface area contributed by atoms with Gasteiger partial charge in [-0.3, -0.25) is 9.59 Å². The zero-order valence-corrected chi connectivity index (χ0v) is 11.7. The van der Waals surface area contributed by atoms with Gasteiger partial charge in [-0.05, 0) is 19.1 Å². The van der Waals surface area contributed by atoms with Crippen molar-refractivity contribution in [1.82, 2.24) is 9.55 Å². The lowest BCUT2D eigenvalue weighted by Crippen LogP contribution is -2.28. The Morgan fingerprint density at radius 3 is 2.76 bits per heavy atom. The second kappa shape index (κ2) is 6.08. The highest BCUT2D eigenvalue weighted by atomic mass is 16.5. The van der Waals surface area contributed by atoms with E-state index in [-0.39, 0.29) is 18.2 Å². The number of carbonyl (C=O) groups is 1. The van der Waals surface area contributed by atoms with Crippen molar-refractivity contribution >= 4 is 11.6 Å². The molecule has 21 heavy (non-hydrogen) atoms. The van der Waals surface area contributed by atoms with Gasteiger partial charge in [0.1, 0.15) is 12.3 Å². The van der Waals surface area contributed by atoms with Crippen molar-refractivity contribution in [3.05, 3.63) is 46.5 Å². The fourth-order valence-electron chi connectivity index (χ4n) is 1.83. The number of nitrogens with one attached hydrogen (secondary N) is 1. The minimum atomic E-state index is -0.435. The van der Waals surface area contributed by atoms with Crippen molar-refractivity contribution in [1.29, 1.82) is 0 Å². The van der Waals surface area contributed by atoms with E-state index in [4.69, 9.17) is 4.74 Å². The van der Waals surface area contributed by atoms with Crippen molar-refractivity contribution in [2.24, 2.45) is 0 Å². The van der Waals surface area contributed by atoms with Crippen molar-refractivity contribution in [2.45, 2.75) is 13.5 Å². The average molecular weight is 289 g/mol. The van der Waals surface area contributed by atoms with Crippen LogP contribution in [0.15, 0.2) is 35.3 Å². The van der Waals surface area contributed by atoms with Crippen LogP contribution in [0.5, 0.6) is 11.6 Å². The second-order valence-electron chi connectivity index (χ2n) is 4.42. The number of hydrogen-bond acceptors (Lipinski definition) is 5. The number of ether oxygens (including phenoxy) is 1. The van der Waals surface area contributed by atoms with E-state index in [1.165, 1.54) is 23.9 Å². The van der Waals surface area contributed by atoms with Crippen molar-refractivity contribution in [3.8, 4) is 11.6 Å². The number of amides is 1. The largest absolute Gasteiger partial charge is 0.508 e. The standard InChI is InChI=1S/C14H15N3O4/c1-9-5-11(18)6-14(20)17(9)8-12(19)16-10-3-4-13(21-2)15-7-10/h3-7,18H,8H2,1-2H3,(H,16,19). The first kappa shape index (κ1) is 14.6. The Labute approximate surface area is 120 Å². The van der Waals surface area contributed by atoms with Gasteiger partial charge in [-0.1, -0.05) is 0 Å². The second-order valence-corrected chi connectivity index (χ2v) is 4.42. The van der Waals surface area contributed by atoms with Crippen LogP contribution in [-0.2, 0) is 11.3 Å². The molecule has 0 saturated carbocycles. The fraction of sp³-hybridized carbons (Fsp3) is 0.214. The lowest BCUT2D eigenvalue weighted by Gasteiger charge is -2.10. The highest BCUT2D eigenvalue weighted by molar-refractivity contribution is 5.90. The van der Waals surface area contributed by atoms with Gasteiger partial charge < -0.3 is 19.7 Å². The molecule has 0 atom stereocenters. The molecule has 2 aromatic heterocycles. The van der Waals surface area contributed by atoms with Crippen LogP contribution in [0.4, 0.5) is 5.69 Å². The molecule has 7 heteroatoms. The van der Waals surface area contributed by atoms with Gasteiger partial charge >= 0.3 is 0 Å². The summed E-state index contributed by atoms with van der Waals surface area (Å²) >= 11 is 0. The van der Waals surface area contributed by atoms with Crippen LogP contribution >= 0.6 is 0 Å². The molecular formula is C14H15N3O4. The number of anilines is 1. The molecule has 2 rings (SSSR count). The molecule has 0 aromatic carbocycles. The number of nitrogens with zero attached hydrogens (tertiary/aromatic N) is 2. The highest BCUT2D eigenvalue weighted by Crippen LogP contribution is 2.11. The van der Waals surface area contributed by atoms with Crippen molar-refractivity contribution in [2.75, 3.05) is 12.4 Å². The lowest BCUT2D eigenvalue weighted by molar-refractivity contribution is -0.116. The predicted octanol–water partition coefficient (Wildman–Crippen LogP) is 0.905. The molecule has 2 aromatic rings. The van der Waals surface area contributed by atoms with Crippen LogP contribution in [0.3, 0.4) is 0 Å². The molecule has 0 fully saturated rings. The van der Waals surface area contributed by atoms with Gasteiger partial charge in [0.05, 0.1) is 19.0 Å². The maximum absolute atomic E-state index is 11.9. The summed E-state index contributed by atoms with van der Waals surface area (Å²) in [6, 6.07) is 5.75. The third-order valence-electron chi connectivity index (χ3n) is 2.85. The van der Waals surface area contributed by atoms with Gasteiger partial charge in [0, 0.05) is 17.8 Å². The van der Waals surface area contributed by atoms with Gasteiger partial charge in [-0.15, -0.1) is 0 Å². The van der Waals surface area contributed by atoms with E-state index in [1.807, 2.05) is 0 Å². The number of hydrogen-bond donors (Lipinski definition) is 2. The Hall–Kier alpha value is -2.83. The van der Waals surface area contributed by atoms with Crippen LogP contribution in [-0.4, -0.2) is 27.7 Å². The Kier molecular flexibility index (Phi) is 4.22. The summed E-state index contributed by atoms with van der Waals surface area (Å²) in [5.74, 6) is -0.0371. The van der Waals surface area contributed by atoms with Crippen LogP contribution < -0.4 is 15.6 Å². The van der Waals surface area contributed by atoms with Gasteiger partial charge in [-0.2, -0.15) is 0 Å². The maximum atomic E-state index is 11.9. The molecule has 1 amide bonds. The molecule has 110 valence electrons. The van der Waals surface area contributed by atoms with E-state index in [0.29, 0.717) is 17.3 Å². The molecule has 2 N–H and O–H groups in total. The number of aryl methyl sites for hydroxylation is 1. The Morgan fingerprint density at radius 2 is 2.19 bits per heavy atom. The third-order valence-corrected chi connectivity index (χ3v) is 2.85. The minimum absolute atomic E-state index is 0.117. The zero-order valence-electron chi connectivity index (χ0n) is 11.7. The quantitative estimate of drug-likeness (QED) is 0.872. The van der Waals surface area contributed by atoms with Gasteiger partial charge in [0.25, 0.3) is 5.56 Å². The summed E-state index contributed by atoms with van der Waals surface area (Å²) in [6.45, 7) is 1.50. The van der Waals surface area contributed by atoms with Crippen LogP contribution in [0, 0.1) is 6.92 Å². The topological polar surface area (TPSA) is 93.5 Å². The summed E-state index contributed by atoms with van der Waals surface area (Å²) in [6.07, 6.45) is 1.46. The van der Waals surface area contributed by atoms with Crippen LogP contribution in [0.25, 0.3) is 0 Å². The highest BCUT2D eigenvalue weighted by Gasteiger charge is 2.09. The Balaban J connectivity index is 2.10. The summed E-state index contributed by atoms with van der Waals surface area (Å²) in [5.41, 5.74) is 0.573. The molecule has 0 aliphatic rings. The molecule has 0 unspecified atom stereocenters. The monoisotopic (exact) mass is 289 g/mol. The zero-order chi connectivity index (χ0) is 15.4. The van der Waals surface area contributed by atoms with E-state index in [1.54, 1.807) is 19.1 Å². The van der Waals surface area contributed by atoms with Crippen LogP contribution in [0.2, 0.25) is 0 Å². The van der Waals surface area contributed by atoms with Crippen molar-refractivity contribution in [3.63, 3.8) is 0 Å². The maximum Gasteiger partial charge on any atom is 0.254 e. The first-order chi connectivity index (χ1) is 9.99. The number of carbonyl (C=O) groups excluding carboxylic acids is 1. The Bertz CT molecular complexity index is 707. The molecule has 0 bridgehead atoms. The molecule has 0 spiro atoms. The summed E-state index contributed by atoms with van der Waals surface area (Å²) in [4.78, 5) is 27.6. The predicted molar refractivity (Wildman–Crippen MR) is 76.5 cm³/mol. The van der Waals surface area contributed by atoms with Gasteiger partial charge in [-0.25, -0.2) is 4.98 Å². The van der Waals surface area contributed by atoms with Crippen LogP contribution in [0.1, 0.15) is 5.69 Å². The number of aromatic nitrogens is 2. The Morgan fingerprint density at radius 1 is 1.43 bits per heavy atom. The molecule has 0 aliphatic carbocycles. The molecule has 0 radical (unpaired) electrons. The van der Waals surface area contributed by atoms with E-state index in [0.717, 1.165) is 6.07 Å². The van der Waals surface area contributed by atoms with E-state index >= 15 is 0 Å². The smallest absolute Gasteiger partial charge is 0.254 e. The van der Waals surface area contributed by atoms with Gasteiger partial charge in [0.15, 0.2) is 0 Å². The molecule has 0 saturated heterocycles. The van der Waals surface area contributed by atoms with E-state index < -0.39 is 5.56 Å². The third kappa shape index (κ3) is 3.59. The summed E-state index contributed by atoms with van der Waals surface area (Å²) in [7, 11) is 1.50. The fourth-order valence-corrected chi connectivity index (χ4v) is 1.83. The number of aromatic hydroxyl groups is 1. The minimum Gasteiger partial charge on any atom is -0.508 e. The molecule has 0 aliphatic heterocycles. The first-order valence-corrected chi connectivity index (χ1v) is 6.20. The number of methoxy groups -OCH3 is 1. The SMILES string of the molecule is COc1ccc(NC(=O)Cn2c(C)cc(O)cc2=O)cn1. The van der Waals surface area contributed by atoms with E-state index in [9.17, 15) is 14.7 Å². The molecule has 2 heterocycles. The normalized spacial score (nSPS) is 10.2. The number of rotatable bonds is 4. The molecular weight excluding hydrogens is 274 g/mol. The van der Waals surface area contributed by atoms with E-state index in [2.05, 4.69) is 10.3 Å². The summed E-state index contributed by atoms with van der Waals surface area (Å²) < 4.78 is 6.19.